The second-order valence-electron chi connectivity index (χ2n) is 3.54. The topological polar surface area (TPSA) is 57.6 Å². The van der Waals surface area contributed by atoms with Gasteiger partial charge in [0.15, 0.2) is 0 Å². The minimum atomic E-state index is -0.862. The molecule has 4 nitrogen and oxygen atoms in total. The monoisotopic (exact) mass is 185 g/mol. The van der Waals surface area contributed by atoms with Gasteiger partial charge in [0, 0.05) is 19.0 Å². The average Bonchev–Trinajstić information content (AvgIpc) is 2.46. The largest absolute Gasteiger partial charge is 0.481 e. The van der Waals surface area contributed by atoms with E-state index in [-0.39, 0.29) is 18.4 Å². The lowest BCUT2D eigenvalue weighted by atomic mass is 10.1. The van der Waals surface area contributed by atoms with Crippen molar-refractivity contribution in [1.82, 2.24) is 4.90 Å². The summed E-state index contributed by atoms with van der Waals surface area (Å²) in [5, 5.41) is 8.72. The van der Waals surface area contributed by atoms with Crippen LogP contribution in [-0.2, 0) is 9.59 Å². The molecule has 0 radical (unpaired) electrons. The smallest absolute Gasteiger partial charge is 0.308 e. The first kappa shape index (κ1) is 10.0. The molecule has 1 N–H and O–H groups in total. The number of nitrogens with zero attached hydrogens (tertiary/aromatic N) is 1. The van der Waals surface area contributed by atoms with Crippen molar-refractivity contribution in [2.75, 3.05) is 6.54 Å². The van der Waals surface area contributed by atoms with Crippen LogP contribution in [0.5, 0.6) is 0 Å². The molecular weight excluding hydrogens is 170 g/mol. The molecule has 1 aliphatic heterocycles. The van der Waals surface area contributed by atoms with Crippen LogP contribution in [0.15, 0.2) is 0 Å². The van der Waals surface area contributed by atoms with Crippen LogP contribution in [0, 0.1) is 5.92 Å². The molecule has 13 heavy (non-hydrogen) atoms. The van der Waals surface area contributed by atoms with Crippen molar-refractivity contribution in [2.45, 2.75) is 32.7 Å². The predicted octanol–water partition coefficient (Wildman–Crippen LogP) is 0.718. The van der Waals surface area contributed by atoms with Crippen molar-refractivity contribution < 1.29 is 14.7 Å². The normalized spacial score (nSPS) is 24.9. The van der Waals surface area contributed by atoms with Crippen molar-refractivity contribution >= 4 is 11.9 Å². The standard InChI is InChI=1S/C9H15NO3/c1-3-6(2)10-5-7(9(12)13)4-8(10)11/h6-7H,3-5H2,1-2H3,(H,12,13)/t6-,7-/m0/s1. The van der Waals surface area contributed by atoms with E-state index in [1.165, 1.54) is 0 Å². The van der Waals surface area contributed by atoms with Crippen LogP contribution in [0.2, 0.25) is 0 Å². The number of carbonyl (C=O) groups is 2. The van der Waals surface area contributed by atoms with Gasteiger partial charge in [-0.15, -0.1) is 0 Å². The summed E-state index contributed by atoms with van der Waals surface area (Å²) < 4.78 is 0. The summed E-state index contributed by atoms with van der Waals surface area (Å²) in [6.07, 6.45) is 1.04. The highest BCUT2D eigenvalue weighted by Crippen LogP contribution is 2.21. The molecule has 74 valence electrons. The highest BCUT2D eigenvalue weighted by Gasteiger charge is 2.35. The third-order valence-electron chi connectivity index (χ3n) is 2.63. The van der Waals surface area contributed by atoms with Gasteiger partial charge in [0.05, 0.1) is 5.92 Å². The fourth-order valence-corrected chi connectivity index (χ4v) is 1.54. The molecular formula is C9H15NO3. The van der Waals surface area contributed by atoms with Gasteiger partial charge < -0.3 is 10.0 Å². The van der Waals surface area contributed by atoms with Gasteiger partial charge in [-0.2, -0.15) is 0 Å². The second kappa shape index (κ2) is 3.77. The summed E-state index contributed by atoms with van der Waals surface area (Å²) in [5.41, 5.74) is 0. The quantitative estimate of drug-likeness (QED) is 0.704. The number of aliphatic carboxylic acids is 1. The third-order valence-corrected chi connectivity index (χ3v) is 2.63. The zero-order valence-electron chi connectivity index (χ0n) is 7.99. The van der Waals surface area contributed by atoms with Crippen LogP contribution in [0.3, 0.4) is 0 Å². The number of rotatable bonds is 3. The first-order valence-electron chi connectivity index (χ1n) is 4.58. The first-order valence-corrected chi connectivity index (χ1v) is 4.58. The molecule has 0 aromatic rings. The lowest BCUT2D eigenvalue weighted by Crippen LogP contribution is -2.34. The Morgan fingerprint density at radius 3 is 2.77 bits per heavy atom. The van der Waals surface area contributed by atoms with E-state index >= 15 is 0 Å². The molecule has 0 unspecified atom stereocenters. The van der Waals surface area contributed by atoms with Crippen LogP contribution >= 0.6 is 0 Å². The second-order valence-corrected chi connectivity index (χ2v) is 3.54. The molecule has 0 spiro atoms. The predicted molar refractivity (Wildman–Crippen MR) is 47.2 cm³/mol. The molecule has 1 amide bonds. The molecule has 0 aromatic heterocycles. The maximum atomic E-state index is 11.4. The van der Waals surface area contributed by atoms with Crippen molar-refractivity contribution in [3.05, 3.63) is 0 Å². The SMILES string of the molecule is CC[C@H](C)N1C[C@@H](C(=O)O)CC1=O. The van der Waals surface area contributed by atoms with E-state index in [9.17, 15) is 9.59 Å². The van der Waals surface area contributed by atoms with Gasteiger partial charge in [-0.3, -0.25) is 9.59 Å². The average molecular weight is 185 g/mol. The Balaban J connectivity index is 2.61. The van der Waals surface area contributed by atoms with E-state index < -0.39 is 11.9 Å². The molecule has 0 aliphatic carbocycles. The van der Waals surface area contributed by atoms with Gasteiger partial charge in [-0.1, -0.05) is 6.92 Å². The van der Waals surface area contributed by atoms with Gasteiger partial charge in [0.1, 0.15) is 0 Å². The maximum Gasteiger partial charge on any atom is 0.308 e. The van der Waals surface area contributed by atoms with Gasteiger partial charge >= 0.3 is 5.97 Å². The van der Waals surface area contributed by atoms with Crippen LogP contribution in [0.25, 0.3) is 0 Å². The Labute approximate surface area is 77.5 Å². The Hall–Kier alpha value is -1.06. The number of likely N-dealkylation sites (tertiary alicyclic amines) is 1. The summed E-state index contributed by atoms with van der Waals surface area (Å²) in [6, 6.07) is 0.164. The fourth-order valence-electron chi connectivity index (χ4n) is 1.54. The summed E-state index contributed by atoms with van der Waals surface area (Å²) in [6.45, 7) is 4.32. The van der Waals surface area contributed by atoms with E-state index in [4.69, 9.17) is 5.11 Å². The highest BCUT2D eigenvalue weighted by atomic mass is 16.4. The van der Waals surface area contributed by atoms with Gasteiger partial charge in [-0.25, -0.2) is 0 Å². The molecule has 1 saturated heterocycles. The molecule has 2 atom stereocenters. The van der Waals surface area contributed by atoms with Crippen LogP contribution in [0.4, 0.5) is 0 Å². The number of carboxylic acids is 1. The minimum Gasteiger partial charge on any atom is -0.481 e. The minimum absolute atomic E-state index is 0.0262. The van der Waals surface area contributed by atoms with Crippen LogP contribution < -0.4 is 0 Å². The van der Waals surface area contributed by atoms with E-state index in [0.717, 1.165) is 6.42 Å². The Kier molecular flexibility index (Phi) is 2.90. The zero-order valence-corrected chi connectivity index (χ0v) is 7.99. The zero-order chi connectivity index (χ0) is 10.0. The van der Waals surface area contributed by atoms with E-state index in [0.29, 0.717) is 6.54 Å². The maximum absolute atomic E-state index is 11.4. The fraction of sp³-hybridized carbons (Fsp3) is 0.778. The van der Waals surface area contributed by atoms with Gasteiger partial charge in [0.25, 0.3) is 0 Å². The molecule has 0 saturated carbocycles. The van der Waals surface area contributed by atoms with E-state index in [2.05, 4.69) is 0 Å². The number of hydrogen-bond acceptors (Lipinski definition) is 2. The molecule has 4 heteroatoms. The molecule has 1 fully saturated rings. The van der Waals surface area contributed by atoms with Crippen molar-refractivity contribution in [3.8, 4) is 0 Å². The van der Waals surface area contributed by atoms with Gasteiger partial charge in [-0.05, 0) is 13.3 Å². The van der Waals surface area contributed by atoms with E-state index in [1.54, 1.807) is 4.90 Å². The summed E-state index contributed by atoms with van der Waals surface area (Å²) in [7, 11) is 0. The third kappa shape index (κ3) is 1.99. The molecule has 1 aliphatic rings. The summed E-state index contributed by atoms with van der Waals surface area (Å²) >= 11 is 0. The molecule has 0 bridgehead atoms. The number of amides is 1. The van der Waals surface area contributed by atoms with Crippen molar-refractivity contribution in [2.24, 2.45) is 5.92 Å². The molecule has 1 heterocycles. The summed E-state index contributed by atoms with van der Waals surface area (Å²) in [4.78, 5) is 23.6. The van der Waals surface area contributed by atoms with Crippen LogP contribution in [0.1, 0.15) is 26.7 Å². The lowest BCUT2D eigenvalue weighted by molar-refractivity contribution is -0.141. The molecule has 1 rings (SSSR count). The van der Waals surface area contributed by atoms with Crippen LogP contribution in [-0.4, -0.2) is 34.5 Å². The van der Waals surface area contributed by atoms with E-state index in [1.807, 2.05) is 13.8 Å². The Morgan fingerprint density at radius 1 is 1.77 bits per heavy atom. The lowest BCUT2D eigenvalue weighted by Gasteiger charge is -2.22. The Bertz CT molecular complexity index is 227. The van der Waals surface area contributed by atoms with Gasteiger partial charge in [0.2, 0.25) is 5.91 Å². The number of carboxylic acid groups (broad SMARTS) is 1. The molecule has 0 aromatic carbocycles. The Morgan fingerprint density at radius 2 is 2.38 bits per heavy atom. The highest BCUT2D eigenvalue weighted by molar-refractivity contribution is 5.86. The summed E-state index contributed by atoms with van der Waals surface area (Å²) in [5.74, 6) is -1.39. The number of hydrogen-bond donors (Lipinski definition) is 1. The van der Waals surface area contributed by atoms with Crippen molar-refractivity contribution in [3.63, 3.8) is 0 Å². The number of carbonyl (C=O) groups excluding carboxylic acids is 1. The first-order chi connectivity index (χ1) is 6.06. The van der Waals surface area contributed by atoms with Crippen molar-refractivity contribution in [1.29, 1.82) is 0 Å².